The monoisotopic (exact) mass is 432 g/mol. The molecule has 0 heterocycles. The summed E-state index contributed by atoms with van der Waals surface area (Å²) in [5.41, 5.74) is -0.779. The predicted octanol–water partition coefficient (Wildman–Crippen LogP) is 1.08. The highest BCUT2D eigenvalue weighted by molar-refractivity contribution is 5.75. The largest absolute Gasteiger partial charge is 0.480 e. The number of carbonyl (C=O) groups is 4. The van der Waals surface area contributed by atoms with E-state index in [1.165, 1.54) is 9.80 Å². The SMILES string of the molecule is CCOC(=O)CN(CCN(CC(=O)O)CC(=O)OC(C)(C)CC(C)(C)C)CC(=O)O. The van der Waals surface area contributed by atoms with Gasteiger partial charge in [0.05, 0.1) is 32.8 Å². The fourth-order valence-corrected chi connectivity index (χ4v) is 3.32. The van der Waals surface area contributed by atoms with Crippen molar-refractivity contribution in [1.82, 2.24) is 9.80 Å². The summed E-state index contributed by atoms with van der Waals surface area (Å²) >= 11 is 0. The third-order valence-electron chi connectivity index (χ3n) is 3.81. The van der Waals surface area contributed by atoms with Gasteiger partial charge in [0.2, 0.25) is 0 Å². The molecule has 0 bridgehead atoms. The number of carboxylic acid groups (broad SMARTS) is 2. The van der Waals surface area contributed by atoms with Crippen LogP contribution in [0.5, 0.6) is 0 Å². The Labute approximate surface area is 178 Å². The Kier molecular flexibility index (Phi) is 11.6. The molecule has 0 saturated heterocycles. The molecule has 0 fully saturated rings. The van der Waals surface area contributed by atoms with E-state index >= 15 is 0 Å². The first-order valence-electron chi connectivity index (χ1n) is 9.89. The van der Waals surface area contributed by atoms with Crippen molar-refractivity contribution in [3.8, 4) is 0 Å². The molecule has 174 valence electrons. The van der Waals surface area contributed by atoms with Crippen molar-refractivity contribution >= 4 is 23.9 Å². The van der Waals surface area contributed by atoms with Gasteiger partial charge in [-0.05, 0) is 32.6 Å². The molecule has 30 heavy (non-hydrogen) atoms. The smallest absolute Gasteiger partial charge is 0.320 e. The first kappa shape index (κ1) is 27.8. The number of carbonyl (C=O) groups excluding carboxylic acids is 2. The van der Waals surface area contributed by atoms with Gasteiger partial charge in [0.15, 0.2) is 0 Å². The van der Waals surface area contributed by atoms with E-state index in [2.05, 4.69) is 0 Å². The number of rotatable bonds is 14. The Hall–Kier alpha value is -2.20. The zero-order valence-electron chi connectivity index (χ0n) is 18.9. The maximum Gasteiger partial charge on any atom is 0.320 e. The molecular formula is C20H36N2O8. The van der Waals surface area contributed by atoms with Crippen LogP contribution in [0.4, 0.5) is 0 Å². The van der Waals surface area contributed by atoms with Gasteiger partial charge in [0, 0.05) is 13.1 Å². The summed E-state index contributed by atoms with van der Waals surface area (Å²) in [7, 11) is 0. The fraction of sp³-hybridized carbons (Fsp3) is 0.800. The van der Waals surface area contributed by atoms with Crippen molar-refractivity contribution < 1.29 is 38.9 Å². The maximum atomic E-state index is 12.4. The summed E-state index contributed by atoms with van der Waals surface area (Å²) in [6.45, 7) is 10.3. The minimum absolute atomic E-state index is 0.0606. The van der Waals surface area contributed by atoms with Crippen molar-refractivity contribution in [2.45, 2.75) is 53.6 Å². The van der Waals surface area contributed by atoms with Crippen LogP contribution in [-0.2, 0) is 28.7 Å². The molecule has 0 saturated carbocycles. The van der Waals surface area contributed by atoms with Crippen LogP contribution < -0.4 is 0 Å². The number of carboxylic acids is 2. The van der Waals surface area contributed by atoms with Gasteiger partial charge in [0.1, 0.15) is 5.60 Å². The molecule has 0 unspecified atom stereocenters. The Morgan fingerprint density at radius 1 is 0.767 bits per heavy atom. The normalized spacial score (nSPS) is 12.1. The summed E-state index contributed by atoms with van der Waals surface area (Å²) < 4.78 is 10.4. The summed E-state index contributed by atoms with van der Waals surface area (Å²) in [5, 5.41) is 18.2. The number of nitrogens with zero attached hydrogens (tertiary/aromatic N) is 2. The molecule has 0 rings (SSSR count). The van der Waals surface area contributed by atoms with E-state index in [4.69, 9.17) is 19.7 Å². The van der Waals surface area contributed by atoms with Crippen molar-refractivity contribution in [2.75, 3.05) is 45.9 Å². The quantitative estimate of drug-likeness (QED) is 0.384. The lowest BCUT2D eigenvalue weighted by atomic mass is 9.84. The van der Waals surface area contributed by atoms with Crippen molar-refractivity contribution in [1.29, 1.82) is 0 Å². The average molecular weight is 433 g/mol. The zero-order chi connectivity index (χ0) is 23.5. The minimum atomic E-state index is -1.13. The molecule has 0 aromatic rings. The van der Waals surface area contributed by atoms with E-state index in [0.29, 0.717) is 6.42 Å². The lowest BCUT2D eigenvalue weighted by Crippen LogP contribution is -2.45. The highest BCUT2D eigenvalue weighted by Gasteiger charge is 2.30. The third-order valence-corrected chi connectivity index (χ3v) is 3.81. The average Bonchev–Trinajstić information content (AvgIpc) is 2.48. The molecular weight excluding hydrogens is 396 g/mol. The molecule has 10 heteroatoms. The van der Waals surface area contributed by atoms with Gasteiger partial charge in [-0.25, -0.2) is 0 Å². The number of esters is 2. The van der Waals surface area contributed by atoms with Crippen LogP contribution in [0.1, 0.15) is 48.0 Å². The van der Waals surface area contributed by atoms with E-state index in [9.17, 15) is 19.2 Å². The van der Waals surface area contributed by atoms with Crippen LogP contribution in [0.3, 0.4) is 0 Å². The van der Waals surface area contributed by atoms with E-state index in [1.54, 1.807) is 20.8 Å². The van der Waals surface area contributed by atoms with E-state index in [-0.39, 0.29) is 38.2 Å². The van der Waals surface area contributed by atoms with Gasteiger partial charge in [-0.3, -0.25) is 29.0 Å². The molecule has 0 aliphatic heterocycles. The molecule has 0 aromatic carbocycles. The second-order valence-corrected chi connectivity index (χ2v) is 8.99. The standard InChI is InChI=1S/C20H36N2O8/c1-7-29-17(27)12-21(10-15(23)24)8-9-22(11-16(25)26)13-18(28)30-20(5,6)14-19(2,3)4/h7-14H2,1-6H3,(H,23,24)(H,25,26). The van der Waals surface area contributed by atoms with E-state index in [1.807, 2.05) is 20.8 Å². The second kappa shape index (κ2) is 12.5. The fourth-order valence-electron chi connectivity index (χ4n) is 3.32. The van der Waals surface area contributed by atoms with Gasteiger partial charge in [-0.15, -0.1) is 0 Å². The minimum Gasteiger partial charge on any atom is -0.480 e. The van der Waals surface area contributed by atoms with E-state index < -0.39 is 42.6 Å². The number of ether oxygens (including phenoxy) is 2. The van der Waals surface area contributed by atoms with Crippen LogP contribution >= 0.6 is 0 Å². The van der Waals surface area contributed by atoms with Crippen molar-refractivity contribution in [3.05, 3.63) is 0 Å². The lowest BCUT2D eigenvalue weighted by molar-refractivity contribution is -0.161. The molecule has 2 N–H and O–H groups in total. The summed E-state index contributed by atoms with van der Waals surface area (Å²) in [5.74, 6) is -3.41. The van der Waals surface area contributed by atoms with Crippen LogP contribution in [0, 0.1) is 5.41 Å². The zero-order valence-corrected chi connectivity index (χ0v) is 18.9. The molecule has 0 amide bonds. The Bertz CT molecular complexity index is 598. The Balaban J connectivity index is 4.99. The second-order valence-electron chi connectivity index (χ2n) is 8.99. The van der Waals surface area contributed by atoms with Crippen LogP contribution in [0.2, 0.25) is 0 Å². The molecule has 10 nitrogen and oxygen atoms in total. The molecule has 0 atom stereocenters. The third kappa shape index (κ3) is 14.7. The number of hydrogen-bond donors (Lipinski definition) is 2. The lowest BCUT2D eigenvalue weighted by Gasteiger charge is -2.33. The first-order valence-corrected chi connectivity index (χ1v) is 9.89. The van der Waals surface area contributed by atoms with Crippen LogP contribution in [0.25, 0.3) is 0 Å². The van der Waals surface area contributed by atoms with Crippen LogP contribution in [-0.4, -0.2) is 95.4 Å². The number of aliphatic carboxylic acids is 2. The highest BCUT2D eigenvalue weighted by atomic mass is 16.6. The summed E-state index contributed by atoms with van der Waals surface area (Å²) in [6.07, 6.45) is 0.622. The van der Waals surface area contributed by atoms with Gasteiger partial charge in [-0.2, -0.15) is 0 Å². The topological polar surface area (TPSA) is 134 Å². The van der Waals surface area contributed by atoms with Gasteiger partial charge < -0.3 is 19.7 Å². The highest BCUT2D eigenvalue weighted by Crippen LogP contribution is 2.29. The molecule has 0 spiro atoms. The molecule has 0 aliphatic rings. The van der Waals surface area contributed by atoms with Gasteiger partial charge >= 0.3 is 23.9 Å². The molecule has 0 aliphatic carbocycles. The predicted molar refractivity (Wildman–Crippen MR) is 109 cm³/mol. The first-order chi connectivity index (χ1) is 13.6. The number of hydrogen-bond acceptors (Lipinski definition) is 8. The van der Waals surface area contributed by atoms with Gasteiger partial charge in [-0.1, -0.05) is 20.8 Å². The summed E-state index contributed by atoms with van der Waals surface area (Å²) in [6, 6.07) is 0. The molecule has 0 aromatic heterocycles. The van der Waals surface area contributed by atoms with E-state index in [0.717, 1.165) is 0 Å². The summed E-state index contributed by atoms with van der Waals surface area (Å²) in [4.78, 5) is 48.9. The van der Waals surface area contributed by atoms with Crippen molar-refractivity contribution in [3.63, 3.8) is 0 Å². The van der Waals surface area contributed by atoms with Crippen LogP contribution in [0.15, 0.2) is 0 Å². The van der Waals surface area contributed by atoms with Gasteiger partial charge in [0.25, 0.3) is 0 Å². The maximum absolute atomic E-state index is 12.4. The Morgan fingerprint density at radius 2 is 1.20 bits per heavy atom. The molecule has 0 radical (unpaired) electrons. The Morgan fingerprint density at radius 3 is 1.57 bits per heavy atom. The van der Waals surface area contributed by atoms with Crippen molar-refractivity contribution in [2.24, 2.45) is 5.41 Å².